The lowest BCUT2D eigenvalue weighted by Gasteiger charge is -2.17. The topological polar surface area (TPSA) is 56.7 Å². The number of para-hydroxylation sites is 2. The second-order valence-corrected chi connectivity index (χ2v) is 13.1. The molecule has 10 aromatic rings. The average Bonchev–Trinajstić information content (AvgIpc) is 3.77. The van der Waals surface area contributed by atoms with E-state index in [4.69, 9.17) is 19.4 Å². The van der Waals surface area contributed by atoms with Crippen molar-refractivity contribution in [2.45, 2.75) is 6.18 Å². The highest BCUT2D eigenvalue weighted by molar-refractivity contribution is 6.24. The number of hydrogen-bond donors (Lipinski definition) is 0. The van der Waals surface area contributed by atoms with Crippen molar-refractivity contribution in [1.29, 1.82) is 0 Å². The first-order valence-corrected chi connectivity index (χ1v) is 17.4. The van der Waals surface area contributed by atoms with E-state index in [1.54, 1.807) is 6.07 Å². The second kappa shape index (κ2) is 12.3. The summed E-state index contributed by atoms with van der Waals surface area (Å²) in [5.41, 5.74) is 6.49. The van der Waals surface area contributed by atoms with Crippen LogP contribution in [0.15, 0.2) is 168 Å². The highest BCUT2D eigenvalue weighted by Gasteiger charge is 2.31. The summed E-state index contributed by atoms with van der Waals surface area (Å²) >= 11 is 0. The van der Waals surface area contributed by atoms with Crippen LogP contribution in [0.25, 0.3) is 94.7 Å². The molecule has 0 unspecified atom stereocenters. The fourth-order valence-corrected chi connectivity index (χ4v) is 7.40. The number of nitrogens with zero attached hydrogens (tertiary/aromatic N) is 4. The first-order chi connectivity index (χ1) is 26.4. The minimum Gasteiger partial charge on any atom is -0.455 e. The van der Waals surface area contributed by atoms with Gasteiger partial charge < -0.3 is 8.98 Å². The molecule has 10 rings (SSSR count). The van der Waals surface area contributed by atoms with Crippen molar-refractivity contribution in [2.75, 3.05) is 0 Å². The van der Waals surface area contributed by atoms with E-state index in [2.05, 4.69) is 22.8 Å². The summed E-state index contributed by atoms with van der Waals surface area (Å²) in [6.45, 7) is 0. The summed E-state index contributed by atoms with van der Waals surface area (Å²) in [7, 11) is 0. The van der Waals surface area contributed by atoms with Crippen molar-refractivity contribution in [2.24, 2.45) is 0 Å². The van der Waals surface area contributed by atoms with Crippen LogP contribution < -0.4 is 0 Å². The van der Waals surface area contributed by atoms with E-state index >= 15 is 0 Å². The summed E-state index contributed by atoms with van der Waals surface area (Å²) in [5.74, 6) is 1.37. The summed E-state index contributed by atoms with van der Waals surface area (Å²) in [6.07, 6.45) is -4.53. The van der Waals surface area contributed by atoms with Crippen LogP contribution in [0.3, 0.4) is 0 Å². The van der Waals surface area contributed by atoms with Gasteiger partial charge in [0.15, 0.2) is 17.5 Å². The smallest absolute Gasteiger partial charge is 0.416 e. The number of halogens is 3. The predicted octanol–water partition coefficient (Wildman–Crippen LogP) is 12.6. The molecule has 54 heavy (non-hydrogen) atoms. The van der Waals surface area contributed by atoms with E-state index in [1.165, 1.54) is 12.1 Å². The highest BCUT2D eigenvalue weighted by atomic mass is 19.4. The third-order valence-electron chi connectivity index (χ3n) is 9.88. The number of benzene rings is 7. The van der Waals surface area contributed by atoms with Gasteiger partial charge in [0, 0.05) is 38.4 Å². The van der Waals surface area contributed by atoms with Gasteiger partial charge in [-0.15, -0.1) is 0 Å². The monoisotopic (exact) mass is 708 g/mol. The highest BCUT2D eigenvalue weighted by Crippen LogP contribution is 2.43. The third kappa shape index (κ3) is 5.22. The van der Waals surface area contributed by atoms with Crippen LogP contribution in [0, 0.1) is 0 Å². The molecule has 0 radical (unpaired) electrons. The molecule has 7 aromatic carbocycles. The van der Waals surface area contributed by atoms with Gasteiger partial charge in [0.05, 0.1) is 27.7 Å². The van der Waals surface area contributed by atoms with Gasteiger partial charge in [-0.05, 0) is 60.2 Å². The maximum atomic E-state index is 14.2. The largest absolute Gasteiger partial charge is 0.455 e. The maximum Gasteiger partial charge on any atom is 0.416 e. The predicted molar refractivity (Wildman–Crippen MR) is 208 cm³/mol. The van der Waals surface area contributed by atoms with Gasteiger partial charge in [-0.3, -0.25) is 0 Å². The number of rotatable bonds is 5. The maximum absolute atomic E-state index is 14.2. The zero-order chi connectivity index (χ0) is 36.4. The Morgan fingerprint density at radius 1 is 0.463 bits per heavy atom. The molecule has 5 nitrogen and oxygen atoms in total. The molecule has 8 heteroatoms. The molecule has 258 valence electrons. The van der Waals surface area contributed by atoms with Crippen LogP contribution in [-0.4, -0.2) is 19.5 Å². The van der Waals surface area contributed by atoms with Crippen LogP contribution in [0.2, 0.25) is 0 Å². The van der Waals surface area contributed by atoms with E-state index in [-0.39, 0.29) is 0 Å². The Labute approximate surface area is 306 Å². The van der Waals surface area contributed by atoms with E-state index in [0.717, 1.165) is 60.9 Å². The Morgan fingerprint density at radius 2 is 1.07 bits per heavy atom. The molecule has 0 amide bonds. The minimum absolute atomic E-state index is 0.397. The normalized spacial score (nSPS) is 12.0. The quantitative estimate of drug-likeness (QED) is 0.179. The van der Waals surface area contributed by atoms with Gasteiger partial charge in [0.25, 0.3) is 0 Å². The van der Waals surface area contributed by atoms with Gasteiger partial charge in [0.2, 0.25) is 0 Å². The molecule has 3 heterocycles. The molecule has 0 saturated carbocycles. The number of fused-ring (bicyclic) bond motifs is 7. The Bertz CT molecular complexity index is 2980. The number of hydrogen-bond acceptors (Lipinski definition) is 4. The van der Waals surface area contributed by atoms with Crippen LogP contribution >= 0.6 is 0 Å². The fourth-order valence-electron chi connectivity index (χ4n) is 7.40. The van der Waals surface area contributed by atoms with Crippen LogP contribution in [-0.2, 0) is 6.18 Å². The zero-order valence-electron chi connectivity index (χ0n) is 28.4. The Kier molecular flexibility index (Phi) is 7.20. The molecule has 3 aromatic heterocycles. The first-order valence-electron chi connectivity index (χ1n) is 17.4. The Hall–Kier alpha value is -7.06. The van der Waals surface area contributed by atoms with Crippen LogP contribution in [0.1, 0.15) is 5.56 Å². The molecule has 0 fully saturated rings. The standard InChI is InChI=1S/C46H27F3N4O/c47-46(48,49)32-17-11-16-30(26-32)36-27-31(45-51-43(28-12-3-1-4-13-28)50-44(52-45)29-14-5-2-6-15-29)22-24-38(36)53-37-20-9-7-19-35(37)41-39(53)25-23-34-33-18-8-10-21-40(33)54-42(34)41/h1-27H. The average molecular weight is 709 g/mol. The number of alkyl halides is 3. The summed E-state index contributed by atoms with van der Waals surface area (Å²) in [5, 5.41) is 3.90. The van der Waals surface area contributed by atoms with Gasteiger partial charge in [-0.2, -0.15) is 13.2 Å². The van der Waals surface area contributed by atoms with Crippen molar-refractivity contribution >= 4 is 43.7 Å². The first kappa shape index (κ1) is 31.7. The molecule has 0 aliphatic rings. The summed E-state index contributed by atoms with van der Waals surface area (Å²) in [6, 6.07) is 50.6. The molecule has 0 atom stereocenters. The van der Waals surface area contributed by atoms with Gasteiger partial charge in [-0.1, -0.05) is 109 Å². The lowest BCUT2D eigenvalue weighted by Crippen LogP contribution is -2.05. The Balaban J connectivity index is 1.26. The summed E-state index contributed by atoms with van der Waals surface area (Å²) < 4.78 is 51.3. The molecule has 0 aliphatic heterocycles. The lowest BCUT2D eigenvalue weighted by molar-refractivity contribution is -0.137. The third-order valence-corrected chi connectivity index (χ3v) is 9.88. The molecule has 0 bridgehead atoms. The molecule has 0 spiro atoms. The van der Waals surface area contributed by atoms with Gasteiger partial charge in [0.1, 0.15) is 11.2 Å². The van der Waals surface area contributed by atoms with E-state index < -0.39 is 11.7 Å². The van der Waals surface area contributed by atoms with Crippen molar-refractivity contribution in [3.63, 3.8) is 0 Å². The van der Waals surface area contributed by atoms with E-state index in [1.807, 2.05) is 121 Å². The molecule has 0 saturated heterocycles. The lowest BCUT2D eigenvalue weighted by atomic mass is 9.98. The zero-order valence-corrected chi connectivity index (χ0v) is 28.4. The van der Waals surface area contributed by atoms with Crippen LogP contribution in [0.4, 0.5) is 13.2 Å². The SMILES string of the molecule is FC(F)(F)c1cccc(-c2cc(-c3nc(-c4ccccc4)nc(-c4ccccc4)n3)ccc2-n2c3ccccc3c3c4oc5ccccc5c4ccc32)c1. The van der Waals surface area contributed by atoms with Crippen molar-refractivity contribution < 1.29 is 17.6 Å². The fraction of sp³-hybridized carbons (Fsp3) is 0.0217. The number of aromatic nitrogens is 4. The minimum atomic E-state index is -4.53. The van der Waals surface area contributed by atoms with Gasteiger partial charge in [-0.25, -0.2) is 15.0 Å². The van der Waals surface area contributed by atoms with Crippen molar-refractivity contribution in [1.82, 2.24) is 19.5 Å². The second-order valence-electron chi connectivity index (χ2n) is 13.1. The Morgan fingerprint density at radius 3 is 1.78 bits per heavy atom. The number of furan rings is 1. The van der Waals surface area contributed by atoms with Crippen molar-refractivity contribution in [3.8, 4) is 51.0 Å². The van der Waals surface area contributed by atoms with Gasteiger partial charge >= 0.3 is 6.18 Å². The van der Waals surface area contributed by atoms with Crippen LogP contribution in [0.5, 0.6) is 0 Å². The molecule has 0 N–H and O–H groups in total. The molecular formula is C46H27F3N4O. The van der Waals surface area contributed by atoms with Crippen molar-refractivity contribution in [3.05, 3.63) is 169 Å². The van der Waals surface area contributed by atoms with E-state index in [9.17, 15) is 13.2 Å². The molecular weight excluding hydrogens is 682 g/mol. The summed E-state index contributed by atoms with van der Waals surface area (Å²) in [4.78, 5) is 14.7. The van der Waals surface area contributed by atoms with E-state index in [0.29, 0.717) is 39.9 Å². The molecule has 0 aliphatic carbocycles.